The van der Waals surface area contributed by atoms with Gasteiger partial charge in [0.25, 0.3) is 5.91 Å². The van der Waals surface area contributed by atoms with Gasteiger partial charge in [0.1, 0.15) is 0 Å². The van der Waals surface area contributed by atoms with Crippen molar-refractivity contribution >= 4 is 28.8 Å². The number of carbonyl (C=O) groups excluding carboxylic acids is 3. The summed E-state index contributed by atoms with van der Waals surface area (Å²) in [6.45, 7) is 1.43. The molecule has 0 unspecified atom stereocenters. The van der Waals surface area contributed by atoms with Crippen molar-refractivity contribution < 1.29 is 28.6 Å². The Kier molecular flexibility index (Phi) is 7.68. The molecule has 0 bridgehead atoms. The molecular weight excluding hydrogens is 462 g/mol. The first-order valence-electron chi connectivity index (χ1n) is 11.8. The molecule has 1 atom stereocenters. The van der Waals surface area contributed by atoms with Gasteiger partial charge in [0.2, 0.25) is 0 Å². The molecule has 2 aromatic carbocycles. The summed E-state index contributed by atoms with van der Waals surface area (Å²) < 4.78 is 16.1. The van der Waals surface area contributed by atoms with Gasteiger partial charge in [-0.1, -0.05) is 31.0 Å². The average molecular weight is 492 g/mol. The molecule has 9 heteroatoms. The summed E-state index contributed by atoms with van der Waals surface area (Å²) in [4.78, 5) is 42.5. The fourth-order valence-corrected chi connectivity index (χ4v) is 4.27. The lowest BCUT2D eigenvalue weighted by atomic mass is 10.0. The summed E-state index contributed by atoms with van der Waals surface area (Å²) in [5, 5.41) is 5.62. The van der Waals surface area contributed by atoms with E-state index in [-0.39, 0.29) is 11.6 Å². The van der Waals surface area contributed by atoms with Gasteiger partial charge in [-0.3, -0.25) is 10.1 Å². The third-order valence-electron chi connectivity index (χ3n) is 6.20. The highest BCUT2D eigenvalue weighted by Crippen LogP contribution is 2.33. The molecule has 0 saturated heterocycles. The van der Waals surface area contributed by atoms with Gasteiger partial charge in [0.05, 0.1) is 31.0 Å². The molecular formula is C27H29N3O6. The number of nitrogens with one attached hydrogen (secondary N) is 2. The van der Waals surface area contributed by atoms with Gasteiger partial charge >= 0.3 is 12.0 Å². The van der Waals surface area contributed by atoms with Crippen LogP contribution >= 0.6 is 0 Å². The molecule has 36 heavy (non-hydrogen) atoms. The maximum Gasteiger partial charge on any atom is 0.339 e. The molecule has 1 aromatic heterocycles. The number of aromatic nitrogens is 1. The molecule has 0 aliphatic heterocycles. The van der Waals surface area contributed by atoms with E-state index in [1.165, 1.54) is 6.92 Å². The van der Waals surface area contributed by atoms with Crippen LogP contribution in [-0.4, -0.2) is 49.3 Å². The minimum atomic E-state index is -1.18. The smallest absolute Gasteiger partial charge is 0.339 e. The highest BCUT2D eigenvalue weighted by Gasteiger charge is 2.24. The first-order chi connectivity index (χ1) is 17.4. The first-order valence-corrected chi connectivity index (χ1v) is 11.8. The topological polar surface area (TPSA) is 116 Å². The Morgan fingerprint density at radius 2 is 1.69 bits per heavy atom. The van der Waals surface area contributed by atoms with E-state index in [0.29, 0.717) is 33.7 Å². The molecule has 188 valence electrons. The van der Waals surface area contributed by atoms with Crippen LogP contribution in [0.3, 0.4) is 0 Å². The van der Waals surface area contributed by atoms with E-state index < -0.39 is 24.0 Å². The normalized spacial score (nSPS) is 14.2. The molecule has 0 spiro atoms. The fraction of sp³-hybridized carbons (Fsp3) is 0.333. The number of nitrogens with zero attached hydrogens (tertiary/aromatic N) is 1. The van der Waals surface area contributed by atoms with Crippen molar-refractivity contribution in [1.29, 1.82) is 0 Å². The van der Waals surface area contributed by atoms with E-state index in [2.05, 4.69) is 15.6 Å². The van der Waals surface area contributed by atoms with Crippen LogP contribution < -0.4 is 20.1 Å². The molecule has 2 N–H and O–H groups in total. The van der Waals surface area contributed by atoms with Crippen LogP contribution in [0.2, 0.25) is 0 Å². The molecule has 1 fully saturated rings. The lowest BCUT2D eigenvalue weighted by Crippen LogP contribution is -2.47. The molecule has 1 saturated carbocycles. The Hall–Kier alpha value is -4.14. The lowest BCUT2D eigenvalue weighted by molar-refractivity contribution is -0.127. The number of benzene rings is 2. The highest BCUT2D eigenvalue weighted by molar-refractivity contribution is 6.06. The Labute approximate surface area is 209 Å². The highest BCUT2D eigenvalue weighted by atomic mass is 16.5. The van der Waals surface area contributed by atoms with E-state index in [1.54, 1.807) is 50.6 Å². The Morgan fingerprint density at radius 3 is 2.42 bits per heavy atom. The predicted molar refractivity (Wildman–Crippen MR) is 134 cm³/mol. The van der Waals surface area contributed by atoms with Crippen molar-refractivity contribution in [3.8, 4) is 22.8 Å². The zero-order valence-electron chi connectivity index (χ0n) is 20.5. The van der Waals surface area contributed by atoms with Crippen LogP contribution in [0.1, 0.15) is 43.0 Å². The van der Waals surface area contributed by atoms with Gasteiger partial charge < -0.3 is 19.5 Å². The van der Waals surface area contributed by atoms with Crippen molar-refractivity contribution in [2.45, 2.75) is 44.8 Å². The van der Waals surface area contributed by atoms with Crippen LogP contribution in [0.15, 0.2) is 48.5 Å². The summed E-state index contributed by atoms with van der Waals surface area (Å²) >= 11 is 0. The molecule has 1 aliphatic carbocycles. The van der Waals surface area contributed by atoms with Crippen LogP contribution in [0, 0.1) is 0 Å². The van der Waals surface area contributed by atoms with Gasteiger partial charge in [0, 0.05) is 17.0 Å². The number of carbonyl (C=O) groups is 3. The summed E-state index contributed by atoms with van der Waals surface area (Å²) in [7, 11) is 3.09. The van der Waals surface area contributed by atoms with E-state index >= 15 is 0 Å². The molecule has 4 rings (SSSR count). The van der Waals surface area contributed by atoms with Crippen LogP contribution in [-0.2, 0) is 9.53 Å². The quantitative estimate of drug-likeness (QED) is 0.475. The number of esters is 1. The number of amides is 3. The molecule has 1 heterocycles. The number of fused-ring (bicyclic) bond motifs is 1. The number of methoxy groups -OCH3 is 2. The Bertz CT molecular complexity index is 1290. The standard InChI is InChI=1S/C27H29N3O6/c1-16(25(31)30-27(33)28-18-8-4-5-9-18)36-26(32)20-15-22(29-21-11-7-6-10-19(20)21)17-12-13-23(34-2)24(14-17)35-3/h6-7,10-16,18H,4-5,8-9H2,1-3H3,(H2,28,30,31,33)/t16-/m1/s1. The fourth-order valence-electron chi connectivity index (χ4n) is 4.27. The van der Waals surface area contributed by atoms with Crippen LogP contribution in [0.25, 0.3) is 22.2 Å². The minimum Gasteiger partial charge on any atom is -0.493 e. The predicted octanol–water partition coefficient (Wildman–Crippen LogP) is 4.23. The summed E-state index contributed by atoms with van der Waals surface area (Å²) in [5.74, 6) is -0.305. The summed E-state index contributed by atoms with van der Waals surface area (Å²) in [6, 6.07) is 13.6. The third-order valence-corrected chi connectivity index (χ3v) is 6.20. The van der Waals surface area contributed by atoms with E-state index in [0.717, 1.165) is 25.7 Å². The first kappa shape index (κ1) is 25.0. The molecule has 3 aromatic rings. The zero-order chi connectivity index (χ0) is 25.7. The van der Waals surface area contributed by atoms with Gasteiger partial charge in [-0.25, -0.2) is 14.6 Å². The average Bonchev–Trinajstić information content (AvgIpc) is 3.40. The van der Waals surface area contributed by atoms with Gasteiger partial charge in [-0.2, -0.15) is 0 Å². The Morgan fingerprint density at radius 1 is 0.972 bits per heavy atom. The van der Waals surface area contributed by atoms with Gasteiger partial charge in [0.15, 0.2) is 17.6 Å². The van der Waals surface area contributed by atoms with Crippen molar-refractivity contribution in [1.82, 2.24) is 15.6 Å². The van der Waals surface area contributed by atoms with Crippen molar-refractivity contribution in [3.05, 3.63) is 54.1 Å². The number of hydrogen-bond acceptors (Lipinski definition) is 7. The SMILES string of the molecule is COc1ccc(-c2cc(C(=O)O[C@H](C)C(=O)NC(=O)NC3CCCC3)c3ccccc3n2)cc1OC. The van der Waals surface area contributed by atoms with Gasteiger partial charge in [-0.05, 0) is 50.1 Å². The molecule has 9 nitrogen and oxygen atoms in total. The van der Waals surface area contributed by atoms with E-state index in [1.807, 2.05) is 12.1 Å². The van der Waals surface area contributed by atoms with Crippen LogP contribution in [0.4, 0.5) is 4.79 Å². The second kappa shape index (κ2) is 11.1. The van der Waals surface area contributed by atoms with E-state index in [9.17, 15) is 14.4 Å². The maximum absolute atomic E-state index is 13.2. The second-order valence-corrected chi connectivity index (χ2v) is 8.63. The number of rotatable bonds is 7. The number of hydrogen-bond donors (Lipinski definition) is 2. The van der Waals surface area contributed by atoms with Crippen molar-refractivity contribution in [2.75, 3.05) is 14.2 Å². The van der Waals surface area contributed by atoms with Crippen molar-refractivity contribution in [2.24, 2.45) is 0 Å². The zero-order valence-corrected chi connectivity index (χ0v) is 20.5. The molecule has 0 radical (unpaired) electrons. The number of urea groups is 1. The maximum atomic E-state index is 13.2. The second-order valence-electron chi connectivity index (χ2n) is 8.63. The van der Waals surface area contributed by atoms with Crippen molar-refractivity contribution in [3.63, 3.8) is 0 Å². The largest absolute Gasteiger partial charge is 0.493 e. The number of para-hydroxylation sites is 1. The number of ether oxygens (including phenoxy) is 3. The van der Waals surface area contributed by atoms with Gasteiger partial charge in [-0.15, -0.1) is 0 Å². The summed E-state index contributed by atoms with van der Waals surface area (Å²) in [5.41, 5.74) is 2.07. The number of imide groups is 1. The van der Waals surface area contributed by atoms with Crippen LogP contribution in [0.5, 0.6) is 11.5 Å². The third kappa shape index (κ3) is 5.56. The number of pyridine rings is 1. The lowest BCUT2D eigenvalue weighted by Gasteiger charge is -2.16. The van der Waals surface area contributed by atoms with E-state index in [4.69, 9.17) is 14.2 Å². The monoisotopic (exact) mass is 491 g/mol. The Balaban J connectivity index is 1.55. The molecule has 1 aliphatic rings. The summed E-state index contributed by atoms with van der Waals surface area (Å²) in [6.07, 6.45) is 2.71. The molecule has 3 amide bonds. The minimum absolute atomic E-state index is 0.0637.